The number of unbranched alkanes of at least 4 members (excludes halogenated alkanes) is 2. The van der Waals surface area contributed by atoms with E-state index >= 15 is 0 Å². The lowest BCUT2D eigenvalue weighted by Crippen LogP contribution is -2.50. The maximum atomic E-state index is 14.1. The summed E-state index contributed by atoms with van der Waals surface area (Å²) in [5.41, 5.74) is 5.40. The van der Waals surface area contributed by atoms with E-state index in [0.29, 0.717) is 97.5 Å². The summed E-state index contributed by atoms with van der Waals surface area (Å²) in [6, 6.07) is 12.8. The largest absolute Gasteiger partial charge is 0.493 e. The molecule has 4 atom stereocenters. The van der Waals surface area contributed by atoms with Crippen molar-refractivity contribution in [3.63, 3.8) is 0 Å². The third-order valence-corrected chi connectivity index (χ3v) is 14.8. The molecule has 0 aliphatic carbocycles. The molecule has 0 saturated carbocycles. The van der Waals surface area contributed by atoms with Crippen LogP contribution in [0.3, 0.4) is 0 Å². The summed E-state index contributed by atoms with van der Waals surface area (Å²) in [6.45, 7) is 7.78. The summed E-state index contributed by atoms with van der Waals surface area (Å²) in [6.07, 6.45) is 8.37. The fourth-order valence-corrected chi connectivity index (χ4v) is 10.4. The monoisotopic (exact) mass is 1060 g/mol. The summed E-state index contributed by atoms with van der Waals surface area (Å²) < 4.78 is 29.3. The van der Waals surface area contributed by atoms with Gasteiger partial charge in [-0.25, -0.2) is 9.69 Å². The molecule has 76 heavy (non-hydrogen) atoms. The van der Waals surface area contributed by atoms with Gasteiger partial charge in [-0.15, -0.1) is 0 Å². The molecular formula is C56H66N6O13S. The molecule has 3 aromatic carbocycles. The highest BCUT2D eigenvalue weighted by molar-refractivity contribution is 8.00. The molecular weight excluding hydrogens is 997 g/mol. The highest BCUT2D eigenvalue weighted by Gasteiger charge is 2.45. The summed E-state index contributed by atoms with van der Waals surface area (Å²) >= 11 is 1.34. The van der Waals surface area contributed by atoms with Crippen LogP contribution in [0.2, 0.25) is 0 Å². The SMILES string of the molecule is COc1cc2c(cc1OCCCCCOc1cc3c(cc1C)C(=O)N1CC(C)=C[C@H]1[C@H](O)N3C(=O)OCc1ccc(NCC(=O)CCOCCCC(=O)CCN3C(=O)CC(SC)C3=O)cc1)N=C[C@@H]1C=C(C)CN1C2=O. The van der Waals surface area contributed by atoms with Crippen molar-refractivity contribution in [2.75, 3.05) is 76.2 Å². The topological polar surface area (TPSA) is 223 Å². The predicted octanol–water partition coefficient (Wildman–Crippen LogP) is 6.98. The van der Waals surface area contributed by atoms with Crippen molar-refractivity contribution in [2.45, 2.75) is 102 Å². The summed E-state index contributed by atoms with van der Waals surface area (Å²) in [4.78, 5) is 101. The van der Waals surface area contributed by atoms with Crippen molar-refractivity contribution in [1.82, 2.24) is 14.7 Å². The fraction of sp³-hybridized carbons (Fsp3) is 0.464. The van der Waals surface area contributed by atoms with Crippen LogP contribution in [-0.2, 0) is 35.3 Å². The number of thioether (sulfide) groups is 1. The lowest BCUT2D eigenvalue weighted by atomic mass is 10.1. The van der Waals surface area contributed by atoms with Crippen molar-refractivity contribution in [2.24, 2.45) is 4.99 Å². The third kappa shape index (κ3) is 13.0. The number of imide groups is 1. The molecule has 0 bridgehead atoms. The molecule has 2 N–H and O–H groups in total. The van der Waals surface area contributed by atoms with Crippen LogP contribution in [0, 0.1) is 6.92 Å². The van der Waals surface area contributed by atoms with Gasteiger partial charge in [-0.2, -0.15) is 11.8 Å². The Morgan fingerprint density at radius 2 is 1.50 bits per heavy atom. The zero-order valence-electron chi connectivity index (χ0n) is 43.7. The third-order valence-electron chi connectivity index (χ3n) is 13.9. The number of aliphatic imine (C=N–C) groups is 1. The van der Waals surface area contributed by atoms with Gasteiger partial charge >= 0.3 is 6.09 Å². The van der Waals surface area contributed by atoms with E-state index in [0.717, 1.165) is 22.5 Å². The van der Waals surface area contributed by atoms with E-state index in [2.05, 4.69) is 10.3 Å². The lowest BCUT2D eigenvalue weighted by molar-refractivity contribution is -0.138. The number of hydrogen-bond acceptors (Lipinski definition) is 16. The van der Waals surface area contributed by atoms with E-state index < -0.39 is 18.4 Å². The number of aryl methyl sites for hydroxylation is 1. The number of aliphatic hydroxyl groups is 1. The molecule has 3 aromatic rings. The smallest absolute Gasteiger partial charge is 0.416 e. The number of hydrogen-bond donors (Lipinski definition) is 2. The van der Waals surface area contributed by atoms with Crippen molar-refractivity contribution in [1.29, 1.82) is 0 Å². The number of carbonyl (C=O) groups excluding carboxylic acids is 7. The number of aliphatic hydroxyl groups excluding tert-OH is 1. The zero-order chi connectivity index (χ0) is 54.0. The number of methoxy groups -OCH3 is 1. The minimum atomic E-state index is -1.46. The van der Waals surface area contributed by atoms with Gasteiger partial charge in [0.2, 0.25) is 11.8 Å². The number of nitrogens with zero attached hydrogens (tertiary/aromatic N) is 5. The maximum Gasteiger partial charge on any atom is 0.416 e. The van der Waals surface area contributed by atoms with Crippen LogP contribution in [-0.4, -0.2) is 157 Å². The first-order chi connectivity index (χ1) is 36.6. The molecule has 8 rings (SSSR count). The van der Waals surface area contributed by atoms with Gasteiger partial charge in [-0.1, -0.05) is 35.4 Å². The Bertz CT molecular complexity index is 2810. The van der Waals surface area contributed by atoms with Crippen LogP contribution in [0.15, 0.2) is 76.8 Å². The van der Waals surface area contributed by atoms with Gasteiger partial charge in [-0.3, -0.25) is 38.7 Å². The quantitative estimate of drug-likeness (QED) is 0.0496. The molecule has 5 aliphatic rings. The predicted molar refractivity (Wildman–Crippen MR) is 286 cm³/mol. The van der Waals surface area contributed by atoms with E-state index in [4.69, 9.17) is 23.7 Å². The zero-order valence-corrected chi connectivity index (χ0v) is 44.5. The van der Waals surface area contributed by atoms with Crippen LogP contribution < -0.4 is 24.4 Å². The Kier molecular flexibility index (Phi) is 18.3. The molecule has 20 heteroatoms. The first kappa shape index (κ1) is 55.2. The summed E-state index contributed by atoms with van der Waals surface area (Å²) in [5, 5.41) is 14.5. The van der Waals surface area contributed by atoms with Gasteiger partial charge in [0.15, 0.2) is 23.5 Å². The average molecular weight is 1060 g/mol. The van der Waals surface area contributed by atoms with Crippen LogP contribution in [0.1, 0.15) is 97.1 Å². The number of rotatable bonds is 25. The number of amides is 5. The molecule has 5 aliphatic heterocycles. The van der Waals surface area contributed by atoms with E-state index in [1.165, 1.54) is 23.8 Å². The number of ether oxygens (including phenoxy) is 5. The van der Waals surface area contributed by atoms with Crippen molar-refractivity contribution < 1.29 is 62.4 Å². The lowest BCUT2D eigenvalue weighted by Gasteiger charge is -2.31. The first-order valence-electron chi connectivity index (χ1n) is 25.7. The Morgan fingerprint density at radius 3 is 2.24 bits per heavy atom. The Balaban J connectivity index is 0.782. The Morgan fingerprint density at radius 1 is 0.776 bits per heavy atom. The molecule has 1 unspecified atom stereocenters. The average Bonchev–Trinajstić information content (AvgIpc) is 4.07. The van der Waals surface area contributed by atoms with Crippen LogP contribution >= 0.6 is 11.8 Å². The minimum absolute atomic E-state index is 0.0561. The Hall–Kier alpha value is -7.03. The second kappa shape index (κ2) is 25.2. The fourth-order valence-electron chi connectivity index (χ4n) is 9.73. The maximum absolute atomic E-state index is 14.1. The molecule has 0 aromatic heterocycles. The van der Waals surface area contributed by atoms with Crippen LogP contribution in [0.4, 0.5) is 21.9 Å². The second-order valence-corrected chi connectivity index (χ2v) is 20.6. The van der Waals surface area contributed by atoms with Gasteiger partial charge in [0.05, 0.1) is 73.3 Å². The number of fused-ring (bicyclic) bond motifs is 4. The van der Waals surface area contributed by atoms with Gasteiger partial charge in [0, 0.05) is 76.0 Å². The first-order valence-corrected chi connectivity index (χ1v) is 27.0. The van der Waals surface area contributed by atoms with E-state index in [9.17, 15) is 38.7 Å². The number of likely N-dealkylation sites (tertiary alicyclic amines) is 1. The highest BCUT2D eigenvalue weighted by atomic mass is 32.2. The minimum Gasteiger partial charge on any atom is -0.493 e. The molecule has 0 radical (unpaired) electrons. The molecule has 5 heterocycles. The van der Waals surface area contributed by atoms with Crippen molar-refractivity contribution in [3.8, 4) is 17.2 Å². The number of nitrogens with one attached hydrogen (secondary N) is 1. The molecule has 404 valence electrons. The van der Waals surface area contributed by atoms with Gasteiger partial charge < -0.3 is 43.9 Å². The molecule has 0 spiro atoms. The highest BCUT2D eigenvalue weighted by Crippen LogP contribution is 2.40. The second-order valence-electron chi connectivity index (χ2n) is 19.6. The molecule has 19 nitrogen and oxygen atoms in total. The standard InChI is InChI=1S/C56H66N6O13S/c1-34-22-39-29-58-44-26-49(48(71-4)25-42(44)52(66)60(39)31-34)74-20-8-6-7-19-73-47-27-45-43(24-36(47)3)53(67)61-32-35(2)23-46(61)54(68)62(45)56(70)75-33-37-11-13-38(14-12-37)57-30-41(64)16-21-72-18-9-10-40(63)15-17-59-51(65)28-50(76-5)55(59)69/h11-14,22-27,29,39,46,50,54,57,68H,6-10,15-21,28,30-33H2,1-5H3/t39-,46-,50?,54-/m0/s1. The normalized spacial score (nSPS) is 19.6. The molecule has 1 fully saturated rings. The van der Waals surface area contributed by atoms with E-state index in [1.54, 1.807) is 76.9 Å². The van der Waals surface area contributed by atoms with Gasteiger partial charge in [0.1, 0.15) is 18.1 Å². The number of carbonyl (C=O) groups is 7. The number of anilines is 2. The Labute approximate surface area is 446 Å². The van der Waals surface area contributed by atoms with Crippen molar-refractivity contribution in [3.05, 3.63) is 94.1 Å². The number of benzene rings is 3. The van der Waals surface area contributed by atoms with Gasteiger partial charge in [-0.05, 0) is 88.1 Å². The number of ketones is 2. The van der Waals surface area contributed by atoms with Crippen LogP contribution in [0.5, 0.6) is 17.2 Å². The van der Waals surface area contributed by atoms with Gasteiger partial charge in [0.25, 0.3) is 11.8 Å². The molecule has 5 amide bonds. The molecule has 1 saturated heterocycles. The van der Waals surface area contributed by atoms with E-state index in [-0.39, 0.29) is 110 Å². The van der Waals surface area contributed by atoms with Crippen molar-refractivity contribution >= 4 is 76.3 Å². The summed E-state index contributed by atoms with van der Waals surface area (Å²) in [7, 11) is 1.54. The summed E-state index contributed by atoms with van der Waals surface area (Å²) in [5.74, 6) is 0.353. The van der Waals surface area contributed by atoms with Crippen LogP contribution in [0.25, 0.3) is 0 Å². The van der Waals surface area contributed by atoms with E-state index in [1.807, 2.05) is 26.8 Å². The number of Topliss-reactive ketones (excluding diaryl/α,β-unsaturated/α-hetero) is 2.